The second-order valence-corrected chi connectivity index (χ2v) is 4.26. The van der Waals surface area contributed by atoms with Crippen LogP contribution in [0.15, 0.2) is 18.2 Å². The van der Waals surface area contributed by atoms with Crippen LogP contribution in [0, 0.1) is 11.7 Å². The van der Waals surface area contributed by atoms with Crippen LogP contribution in [0.5, 0.6) is 5.75 Å². The summed E-state index contributed by atoms with van der Waals surface area (Å²) in [5.74, 6) is -0.845. The molecule has 1 aliphatic rings. The molecule has 2 atom stereocenters. The van der Waals surface area contributed by atoms with E-state index in [1.807, 2.05) is 0 Å². The second kappa shape index (κ2) is 4.00. The first-order chi connectivity index (χ1) is 8.06. The maximum Gasteiger partial charge on any atom is 0.228 e. The number of nitrogens with two attached hydrogens (primary N) is 1. The number of carbonyl (C=O) groups excluding carboxylic acids is 1. The van der Waals surface area contributed by atoms with E-state index >= 15 is 0 Å². The van der Waals surface area contributed by atoms with Gasteiger partial charge in [-0.2, -0.15) is 0 Å². The van der Waals surface area contributed by atoms with Gasteiger partial charge in [0.1, 0.15) is 11.6 Å². The van der Waals surface area contributed by atoms with E-state index in [0.717, 1.165) is 0 Å². The minimum atomic E-state index is -0.984. The number of rotatable bonds is 4. The molecule has 0 unspecified atom stereocenters. The number of hydrogen-bond acceptors (Lipinski definition) is 3. The number of aliphatic hydroxyl groups is 1. The number of halogens is 1. The maximum atomic E-state index is 13.3. The van der Waals surface area contributed by atoms with Gasteiger partial charge in [-0.05, 0) is 24.6 Å². The third kappa shape index (κ3) is 1.67. The standard InChI is InChI=1S/C12H14FNO3/c1-17-10-3-2-8(13)4-9(10)12(11(14)16)5-7(12)6-15/h2-4,7,15H,5-6H2,1H3,(H2,14,16)/t7-,12-/m1/s1. The van der Waals surface area contributed by atoms with Gasteiger partial charge in [-0.3, -0.25) is 4.79 Å². The minimum absolute atomic E-state index is 0.150. The van der Waals surface area contributed by atoms with Gasteiger partial charge in [0.05, 0.1) is 12.5 Å². The molecule has 1 fully saturated rings. The Balaban J connectivity index is 2.52. The maximum absolute atomic E-state index is 13.3. The Bertz CT molecular complexity index is 463. The van der Waals surface area contributed by atoms with Gasteiger partial charge in [0, 0.05) is 18.1 Å². The summed E-state index contributed by atoms with van der Waals surface area (Å²) in [5, 5.41) is 9.14. The predicted octanol–water partition coefficient (Wildman–Crippen LogP) is 0.570. The first kappa shape index (κ1) is 11.9. The number of aliphatic hydroxyl groups excluding tert-OH is 1. The lowest BCUT2D eigenvalue weighted by atomic mass is 9.91. The predicted molar refractivity (Wildman–Crippen MR) is 59.0 cm³/mol. The molecule has 1 amide bonds. The summed E-state index contributed by atoms with van der Waals surface area (Å²) in [6.45, 7) is -0.150. The zero-order chi connectivity index (χ0) is 12.6. The molecule has 17 heavy (non-hydrogen) atoms. The van der Waals surface area contributed by atoms with Gasteiger partial charge in [-0.1, -0.05) is 0 Å². The topological polar surface area (TPSA) is 72.5 Å². The Morgan fingerprint density at radius 1 is 1.71 bits per heavy atom. The van der Waals surface area contributed by atoms with Crippen molar-refractivity contribution in [1.82, 2.24) is 0 Å². The molecule has 5 heteroatoms. The Labute approximate surface area is 98.2 Å². The fourth-order valence-electron chi connectivity index (χ4n) is 2.34. The van der Waals surface area contributed by atoms with Crippen LogP contribution in [0.2, 0.25) is 0 Å². The number of amides is 1. The molecule has 0 aromatic heterocycles. The van der Waals surface area contributed by atoms with Gasteiger partial charge < -0.3 is 15.6 Å². The Kier molecular flexibility index (Phi) is 2.79. The van der Waals surface area contributed by atoms with Gasteiger partial charge >= 0.3 is 0 Å². The molecule has 0 spiro atoms. The van der Waals surface area contributed by atoms with E-state index in [1.54, 1.807) is 0 Å². The lowest BCUT2D eigenvalue weighted by Gasteiger charge is -2.17. The number of carbonyl (C=O) groups is 1. The third-order valence-corrected chi connectivity index (χ3v) is 3.41. The van der Waals surface area contributed by atoms with E-state index < -0.39 is 17.1 Å². The number of benzene rings is 1. The van der Waals surface area contributed by atoms with Crippen LogP contribution in [0.4, 0.5) is 4.39 Å². The average molecular weight is 239 g/mol. The summed E-state index contributed by atoms with van der Waals surface area (Å²) in [5.41, 5.74) is 4.82. The molecule has 0 aliphatic heterocycles. The van der Waals surface area contributed by atoms with Crippen molar-refractivity contribution in [2.24, 2.45) is 11.7 Å². The smallest absolute Gasteiger partial charge is 0.228 e. The van der Waals surface area contributed by atoms with Crippen LogP contribution in [0.25, 0.3) is 0 Å². The highest BCUT2D eigenvalue weighted by Gasteiger charge is 2.61. The normalized spacial score (nSPS) is 26.6. The van der Waals surface area contributed by atoms with Gasteiger partial charge in [-0.25, -0.2) is 4.39 Å². The average Bonchev–Trinajstić information content (AvgIpc) is 3.04. The fourth-order valence-corrected chi connectivity index (χ4v) is 2.34. The fraction of sp³-hybridized carbons (Fsp3) is 0.417. The highest BCUT2D eigenvalue weighted by molar-refractivity contribution is 5.91. The largest absolute Gasteiger partial charge is 0.496 e. The van der Waals surface area contributed by atoms with Crippen molar-refractivity contribution in [2.45, 2.75) is 11.8 Å². The number of methoxy groups -OCH3 is 1. The lowest BCUT2D eigenvalue weighted by Crippen LogP contribution is -2.31. The molecule has 0 radical (unpaired) electrons. The molecule has 0 heterocycles. The van der Waals surface area contributed by atoms with Crippen LogP contribution in [0.3, 0.4) is 0 Å². The quantitative estimate of drug-likeness (QED) is 0.806. The van der Waals surface area contributed by atoms with E-state index in [2.05, 4.69) is 0 Å². The first-order valence-corrected chi connectivity index (χ1v) is 5.31. The summed E-state index contributed by atoms with van der Waals surface area (Å²) in [4.78, 5) is 11.6. The number of hydrogen-bond donors (Lipinski definition) is 2. The molecular formula is C12H14FNO3. The van der Waals surface area contributed by atoms with Gasteiger partial charge in [0.2, 0.25) is 5.91 Å². The summed E-state index contributed by atoms with van der Waals surface area (Å²) in [6.07, 6.45) is 0.429. The van der Waals surface area contributed by atoms with Crippen LogP contribution < -0.4 is 10.5 Å². The third-order valence-electron chi connectivity index (χ3n) is 3.41. The summed E-state index contributed by atoms with van der Waals surface area (Å²) < 4.78 is 18.4. The molecule has 2 rings (SSSR count). The molecule has 3 N–H and O–H groups in total. The van der Waals surface area contributed by atoms with Gasteiger partial charge in [0.15, 0.2) is 0 Å². The van der Waals surface area contributed by atoms with Crippen LogP contribution in [-0.4, -0.2) is 24.7 Å². The van der Waals surface area contributed by atoms with Crippen molar-refractivity contribution >= 4 is 5.91 Å². The minimum Gasteiger partial charge on any atom is -0.496 e. The van der Waals surface area contributed by atoms with Crippen molar-refractivity contribution in [3.8, 4) is 5.75 Å². The zero-order valence-electron chi connectivity index (χ0n) is 9.44. The Morgan fingerprint density at radius 2 is 2.41 bits per heavy atom. The highest BCUT2D eigenvalue weighted by atomic mass is 19.1. The van der Waals surface area contributed by atoms with E-state index in [4.69, 9.17) is 15.6 Å². The molecule has 0 saturated heterocycles. The van der Waals surface area contributed by atoms with Crippen molar-refractivity contribution in [1.29, 1.82) is 0 Å². The number of primary amides is 1. The molecular weight excluding hydrogens is 225 g/mol. The monoisotopic (exact) mass is 239 g/mol. The summed E-state index contributed by atoms with van der Waals surface area (Å²) in [7, 11) is 1.45. The van der Waals surface area contributed by atoms with Gasteiger partial charge in [-0.15, -0.1) is 0 Å². The van der Waals surface area contributed by atoms with Crippen LogP contribution >= 0.6 is 0 Å². The second-order valence-electron chi connectivity index (χ2n) is 4.26. The zero-order valence-corrected chi connectivity index (χ0v) is 9.44. The molecule has 1 aromatic rings. The van der Waals surface area contributed by atoms with Crippen molar-refractivity contribution < 1.29 is 19.0 Å². The summed E-state index contributed by atoms with van der Waals surface area (Å²) >= 11 is 0. The SMILES string of the molecule is COc1ccc(F)cc1[C@@]1(C(N)=O)C[C@@H]1CO. The molecule has 0 bridgehead atoms. The van der Waals surface area contributed by atoms with Crippen LogP contribution in [0.1, 0.15) is 12.0 Å². The lowest BCUT2D eigenvalue weighted by molar-refractivity contribution is -0.121. The molecule has 1 aliphatic carbocycles. The van der Waals surface area contributed by atoms with E-state index in [1.165, 1.54) is 25.3 Å². The molecule has 4 nitrogen and oxygen atoms in total. The number of ether oxygens (including phenoxy) is 1. The van der Waals surface area contributed by atoms with Crippen LogP contribution in [-0.2, 0) is 10.2 Å². The van der Waals surface area contributed by atoms with Crippen molar-refractivity contribution in [2.75, 3.05) is 13.7 Å². The Hall–Kier alpha value is -1.62. The van der Waals surface area contributed by atoms with Crippen molar-refractivity contribution in [3.63, 3.8) is 0 Å². The molecule has 1 aromatic carbocycles. The van der Waals surface area contributed by atoms with Gasteiger partial charge in [0.25, 0.3) is 0 Å². The molecule has 1 saturated carbocycles. The summed E-state index contributed by atoms with van der Waals surface area (Å²) in [6, 6.07) is 3.97. The van der Waals surface area contributed by atoms with E-state index in [0.29, 0.717) is 17.7 Å². The van der Waals surface area contributed by atoms with E-state index in [9.17, 15) is 9.18 Å². The van der Waals surface area contributed by atoms with E-state index in [-0.39, 0.29) is 12.5 Å². The first-order valence-electron chi connectivity index (χ1n) is 5.31. The highest BCUT2D eigenvalue weighted by Crippen LogP contribution is 2.56. The van der Waals surface area contributed by atoms with Crippen molar-refractivity contribution in [3.05, 3.63) is 29.6 Å². The molecule has 92 valence electrons. The Morgan fingerprint density at radius 3 is 2.88 bits per heavy atom.